The summed E-state index contributed by atoms with van der Waals surface area (Å²) in [5, 5.41) is 0. The second kappa shape index (κ2) is 37.8. The van der Waals surface area contributed by atoms with Crippen LogP contribution in [-0.4, -0.2) is 37.1 Å². The van der Waals surface area contributed by atoms with Crippen molar-refractivity contribution in [3.8, 4) is 0 Å². The van der Waals surface area contributed by atoms with Gasteiger partial charge in [-0.2, -0.15) is 0 Å². The van der Waals surface area contributed by atoms with Crippen LogP contribution in [0.1, 0.15) is 194 Å². The molecule has 3 nitrogen and oxygen atoms in total. The first kappa shape index (κ1) is 44.4. The smallest absolute Gasteiger partial charge is 0.306 e. The summed E-state index contributed by atoms with van der Waals surface area (Å²) in [6.07, 6.45) is 51.3. The Morgan fingerprint density at radius 3 is 1.33 bits per heavy atom. The summed E-state index contributed by atoms with van der Waals surface area (Å²) in [7, 11) is 2.11. The van der Waals surface area contributed by atoms with E-state index in [2.05, 4.69) is 81.3 Å². The molecule has 0 saturated carbocycles. The minimum Gasteiger partial charge on any atom is -0.462 e. The number of hydrogen-bond acceptors (Lipinski definition) is 3. The Labute approximate surface area is 288 Å². The number of nitrogens with zero attached hydrogens (tertiary/aromatic N) is 1. The third kappa shape index (κ3) is 35.2. The maximum absolute atomic E-state index is 12.6. The van der Waals surface area contributed by atoms with Crippen molar-refractivity contribution in [3.63, 3.8) is 0 Å². The highest BCUT2D eigenvalue weighted by Gasteiger charge is 2.14. The molecule has 0 radical (unpaired) electrons. The molecule has 0 aliphatic heterocycles. The Balaban J connectivity index is 4.09. The molecular formula is C43H79NO2. The number of carbonyl (C=O) groups is 1. The lowest BCUT2D eigenvalue weighted by atomic mass is 10.0. The monoisotopic (exact) mass is 642 g/mol. The van der Waals surface area contributed by atoms with Crippen molar-refractivity contribution < 1.29 is 9.53 Å². The van der Waals surface area contributed by atoms with Gasteiger partial charge in [0.05, 0.1) is 0 Å². The Bertz CT molecular complexity index is 737. The molecule has 46 heavy (non-hydrogen) atoms. The lowest BCUT2D eigenvalue weighted by molar-refractivity contribution is -0.150. The predicted molar refractivity (Wildman–Crippen MR) is 206 cm³/mol. The number of allylic oxidation sites excluding steroid dienone is 8. The van der Waals surface area contributed by atoms with Crippen molar-refractivity contribution in [3.05, 3.63) is 48.6 Å². The third-order valence-corrected chi connectivity index (χ3v) is 8.96. The van der Waals surface area contributed by atoms with E-state index >= 15 is 0 Å². The third-order valence-electron chi connectivity index (χ3n) is 8.96. The van der Waals surface area contributed by atoms with Crippen LogP contribution in [0.4, 0.5) is 0 Å². The van der Waals surface area contributed by atoms with Gasteiger partial charge in [0.15, 0.2) is 0 Å². The summed E-state index contributed by atoms with van der Waals surface area (Å²) in [6, 6.07) is 0. The van der Waals surface area contributed by atoms with Gasteiger partial charge < -0.3 is 9.64 Å². The van der Waals surface area contributed by atoms with Gasteiger partial charge in [-0.05, 0) is 116 Å². The lowest BCUT2D eigenvalue weighted by Crippen LogP contribution is -2.22. The van der Waals surface area contributed by atoms with Gasteiger partial charge in [-0.25, -0.2) is 0 Å². The van der Waals surface area contributed by atoms with Crippen molar-refractivity contribution in [2.75, 3.05) is 20.1 Å². The number of rotatable bonds is 35. The van der Waals surface area contributed by atoms with Gasteiger partial charge in [-0.15, -0.1) is 0 Å². The van der Waals surface area contributed by atoms with Crippen LogP contribution >= 0.6 is 0 Å². The van der Waals surface area contributed by atoms with Crippen LogP contribution in [0.25, 0.3) is 0 Å². The standard InChI is InChI=1S/C43H79NO2/c1-5-8-10-12-14-16-18-20-22-24-26-28-30-32-34-36-39-42(46-43(45)40-37-41-44(4)7-3)38-35-33-31-29-27-25-23-21-19-17-15-13-11-9-6-2/h14-17,20-23,42H,5-13,18-19,24-41H2,1-4H3/b16-14-,17-15-,22-20-,23-21-. The molecule has 0 aliphatic rings. The molecular weight excluding hydrogens is 562 g/mol. The molecule has 0 spiro atoms. The van der Waals surface area contributed by atoms with Crippen molar-refractivity contribution in [2.24, 2.45) is 0 Å². The molecule has 0 aliphatic carbocycles. The molecule has 0 aromatic rings. The van der Waals surface area contributed by atoms with E-state index in [1.807, 2.05) is 0 Å². The van der Waals surface area contributed by atoms with Gasteiger partial charge in [0.1, 0.15) is 6.10 Å². The molecule has 1 atom stereocenters. The summed E-state index contributed by atoms with van der Waals surface area (Å²) < 4.78 is 6.02. The lowest BCUT2D eigenvalue weighted by Gasteiger charge is -2.19. The van der Waals surface area contributed by atoms with E-state index in [0.29, 0.717) is 6.42 Å². The SMILES string of the molecule is CCCCC/C=C\C/C=C\CCCCCCCCC(CCCCCCC/C=C\C/C=C\CCCCC)OC(=O)CCCN(C)CC. The highest BCUT2D eigenvalue weighted by molar-refractivity contribution is 5.69. The van der Waals surface area contributed by atoms with Crippen molar-refractivity contribution >= 4 is 5.97 Å². The normalized spacial score (nSPS) is 13.0. The van der Waals surface area contributed by atoms with Gasteiger partial charge >= 0.3 is 5.97 Å². The number of unbranched alkanes of at least 4 members (excludes halogenated alkanes) is 17. The maximum Gasteiger partial charge on any atom is 0.306 e. The first-order chi connectivity index (χ1) is 22.6. The molecule has 0 bridgehead atoms. The Hall–Kier alpha value is -1.61. The van der Waals surface area contributed by atoms with Gasteiger partial charge in [0.2, 0.25) is 0 Å². The molecule has 1 unspecified atom stereocenters. The van der Waals surface area contributed by atoms with E-state index in [-0.39, 0.29) is 12.1 Å². The van der Waals surface area contributed by atoms with Crippen LogP contribution in [0.15, 0.2) is 48.6 Å². The zero-order valence-corrected chi connectivity index (χ0v) is 31.5. The molecule has 3 heteroatoms. The molecule has 0 heterocycles. The fourth-order valence-electron chi connectivity index (χ4n) is 5.70. The minimum atomic E-state index is 0.0112. The van der Waals surface area contributed by atoms with E-state index < -0.39 is 0 Å². The summed E-state index contributed by atoms with van der Waals surface area (Å²) in [5.74, 6) is 0.0112. The highest BCUT2D eigenvalue weighted by Crippen LogP contribution is 2.18. The molecule has 0 saturated heterocycles. The molecule has 0 amide bonds. The van der Waals surface area contributed by atoms with E-state index in [1.54, 1.807) is 0 Å². The predicted octanol–water partition coefficient (Wildman–Crippen LogP) is 13.6. The zero-order chi connectivity index (χ0) is 33.6. The van der Waals surface area contributed by atoms with E-state index in [0.717, 1.165) is 45.2 Å². The van der Waals surface area contributed by atoms with Crippen molar-refractivity contribution in [1.29, 1.82) is 0 Å². The van der Waals surface area contributed by atoms with Crippen molar-refractivity contribution in [1.82, 2.24) is 4.90 Å². The number of hydrogen-bond donors (Lipinski definition) is 0. The van der Waals surface area contributed by atoms with Crippen LogP contribution in [-0.2, 0) is 9.53 Å². The fraction of sp³-hybridized carbons (Fsp3) is 0.791. The second-order valence-electron chi connectivity index (χ2n) is 13.5. The topological polar surface area (TPSA) is 29.5 Å². The number of ether oxygens (including phenoxy) is 1. The summed E-state index contributed by atoms with van der Waals surface area (Å²) in [4.78, 5) is 14.9. The van der Waals surface area contributed by atoms with Gasteiger partial charge in [0, 0.05) is 6.42 Å². The average molecular weight is 642 g/mol. The Morgan fingerprint density at radius 1 is 0.522 bits per heavy atom. The Kier molecular flexibility index (Phi) is 36.5. The van der Waals surface area contributed by atoms with Crippen LogP contribution in [0.5, 0.6) is 0 Å². The molecule has 0 aromatic carbocycles. The highest BCUT2D eigenvalue weighted by atomic mass is 16.5. The largest absolute Gasteiger partial charge is 0.462 e. The average Bonchev–Trinajstić information content (AvgIpc) is 3.06. The van der Waals surface area contributed by atoms with Crippen LogP contribution in [0.2, 0.25) is 0 Å². The molecule has 0 N–H and O–H groups in total. The van der Waals surface area contributed by atoms with E-state index in [9.17, 15) is 4.79 Å². The maximum atomic E-state index is 12.6. The Morgan fingerprint density at radius 2 is 0.913 bits per heavy atom. The van der Waals surface area contributed by atoms with Gasteiger partial charge in [-0.1, -0.05) is 140 Å². The molecule has 268 valence electrons. The summed E-state index contributed by atoms with van der Waals surface area (Å²) in [6.45, 7) is 8.67. The molecule has 0 fully saturated rings. The zero-order valence-electron chi connectivity index (χ0n) is 31.5. The van der Waals surface area contributed by atoms with Gasteiger partial charge in [0.25, 0.3) is 0 Å². The van der Waals surface area contributed by atoms with Crippen LogP contribution < -0.4 is 0 Å². The van der Waals surface area contributed by atoms with Crippen LogP contribution in [0, 0.1) is 0 Å². The van der Waals surface area contributed by atoms with Crippen LogP contribution in [0.3, 0.4) is 0 Å². The quantitative estimate of drug-likeness (QED) is 0.0392. The first-order valence-corrected chi connectivity index (χ1v) is 20.1. The van der Waals surface area contributed by atoms with E-state index in [4.69, 9.17) is 4.74 Å². The fourth-order valence-corrected chi connectivity index (χ4v) is 5.70. The number of carbonyl (C=O) groups excluding carboxylic acids is 1. The summed E-state index contributed by atoms with van der Waals surface area (Å²) >= 11 is 0. The minimum absolute atomic E-state index is 0.0112. The van der Waals surface area contributed by atoms with E-state index in [1.165, 1.54) is 135 Å². The molecule has 0 rings (SSSR count). The number of esters is 1. The molecule has 0 aromatic heterocycles. The summed E-state index contributed by atoms with van der Waals surface area (Å²) in [5.41, 5.74) is 0. The van der Waals surface area contributed by atoms with Crippen molar-refractivity contribution in [2.45, 2.75) is 200 Å². The first-order valence-electron chi connectivity index (χ1n) is 20.1. The second-order valence-corrected chi connectivity index (χ2v) is 13.5. The van der Waals surface area contributed by atoms with Gasteiger partial charge in [-0.3, -0.25) is 4.79 Å².